The summed E-state index contributed by atoms with van der Waals surface area (Å²) in [6, 6.07) is 14.3. The fourth-order valence-electron chi connectivity index (χ4n) is 3.53. The minimum Gasteiger partial charge on any atom is -0.441 e. The number of aryl methyl sites for hydroxylation is 2. The smallest absolute Gasteiger partial charge is 0.243 e. The lowest BCUT2D eigenvalue weighted by Crippen LogP contribution is -2.27. The van der Waals surface area contributed by atoms with Crippen LogP contribution in [0.25, 0.3) is 11.3 Å². The molecular formula is C23H25N3O4S. The number of sulfonamides is 1. The average molecular weight is 440 g/mol. The van der Waals surface area contributed by atoms with Gasteiger partial charge in [0.05, 0.1) is 11.1 Å². The SMILES string of the molecule is Cc1ccc(-c2cnc(CCC(=O)Nc3cccc(S(=O)(=O)N4CCCC4)c3)o2)cc1. The van der Waals surface area contributed by atoms with Crippen molar-refractivity contribution in [2.45, 2.75) is 37.5 Å². The van der Waals surface area contributed by atoms with E-state index in [1.165, 1.54) is 10.4 Å². The third kappa shape index (κ3) is 5.03. The summed E-state index contributed by atoms with van der Waals surface area (Å²) < 4.78 is 32.7. The zero-order chi connectivity index (χ0) is 21.8. The minimum absolute atomic E-state index is 0.178. The second-order valence-corrected chi connectivity index (χ2v) is 9.61. The summed E-state index contributed by atoms with van der Waals surface area (Å²) >= 11 is 0. The third-order valence-electron chi connectivity index (χ3n) is 5.28. The second kappa shape index (κ2) is 9.03. The molecule has 1 aromatic heterocycles. The maximum absolute atomic E-state index is 12.7. The van der Waals surface area contributed by atoms with Gasteiger partial charge in [-0.15, -0.1) is 0 Å². The van der Waals surface area contributed by atoms with E-state index in [0.717, 1.165) is 24.0 Å². The van der Waals surface area contributed by atoms with Gasteiger partial charge in [-0.1, -0.05) is 35.9 Å². The lowest BCUT2D eigenvalue weighted by atomic mass is 10.1. The first kappa shape index (κ1) is 21.3. The molecule has 1 aliphatic heterocycles. The number of hydrogen-bond acceptors (Lipinski definition) is 5. The molecule has 8 heteroatoms. The molecule has 0 radical (unpaired) electrons. The van der Waals surface area contributed by atoms with Crippen LogP contribution in [-0.2, 0) is 21.2 Å². The summed E-state index contributed by atoms with van der Waals surface area (Å²) in [5.41, 5.74) is 2.56. The van der Waals surface area contributed by atoms with Crippen LogP contribution in [0.3, 0.4) is 0 Å². The molecule has 2 heterocycles. The number of oxazole rings is 1. The van der Waals surface area contributed by atoms with E-state index in [0.29, 0.717) is 36.8 Å². The van der Waals surface area contributed by atoms with Gasteiger partial charge in [0, 0.05) is 37.2 Å². The maximum atomic E-state index is 12.7. The molecule has 162 valence electrons. The van der Waals surface area contributed by atoms with Crippen molar-refractivity contribution in [3.63, 3.8) is 0 Å². The van der Waals surface area contributed by atoms with Crippen molar-refractivity contribution in [2.75, 3.05) is 18.4 Å². The van der Waals surface area contributed by atoms with Crippen LogP contribution in [0.15, 0.2) is 64.0 Å². The first-order valence-electron chi connectivity index (χ1n) is 10.3. The van der Waals surface area contributed by atoms with Gasteiger partial charge in [0.15, 0.2) is 11.7 Å². The molecule has 0 saturated carbocycles. The fraction of sp³-hybridized carbons (Fsp3) is 0.304. The Labute approximate surface area is 182 Å². The zero-order valence-corrected chi connectivity index (χ0v) is 18.2. The van der Waals surface area contributed by atoms with Crippen LogP contribution < -0.4 is 5.32 Å². The standard InChI is InChI=1S/C23H25N3O4S/c1-17-7-9-18(10-8-17)21-16-24-23(30-21)12-11-22(27)25-19-5-4-6-20(15-19)31(28,29)26-13-2-3-14-26/h4-10,15-16H,2-3,11-14H2,1H3,(H,25,27). The fourth-order valence-corrected chi connectivity index (χ4v) is 5.10. The topological polar surface area (TPSA) is 92.5 Å². The highest BCUT2D eigenvalue weighted by molar-refractivity contribution is 7.89. The molecule has 0 unspecified atom stereocenters. The Bertz CT molecular complexity index is 1160. The predicted octanol–water partition coefficient (Wildman–Crippen LogP) is 4.01. The summed E-state index contributed by atoms with van der Waals surface area (Å²) in [6.07, 6.45) is 3.94. The summed E-state index contributed by atoms with van der Waals surface area (Å²) in [4.78, 5) is 16.8. The van der Waals surface area contributed by atoms with Crippen molar-refractivity contribution in [1.29, 1.82) is 0 Å². The van der Waals surface area contributed by atoms with Crippen LogP contribution in [0.4, 0.5) is 5.69 Å². The Morgan fingerprint density at radius 3 is 2.61 bits per heavy atom. The monoisotopic (exact) mass is 439 g/mol. The number of nitrogens with zero attached hydrogens (tertiary/aromatic N) is 2. The first-order valence-corrected chi connectivity index (χ1v) is 11.8. The van der Waals surface area contributed by atoms with Crippen molar-refractivity contribution >= 4 is 21.6 Å². The number of anilines is 1. The highest BCUT2D eigenvalue weighted by Gasteiger charge is 2.27. The van der Waals surface area contributed by atoms with E-state index in [-0.39, 0.29) is 17.2 Å². The van der Waals surface area contributed by atoms with Crippen molar-refractivity contribution < 1.29 is 17.6 Å². The Hall–Kier alpha value is -2.97. The minimum atomic E-state index is -3.52. The summed E-state index contributed by atoms with van der Waals surface area (Å²) in [7, 11) is -3.52. The molecule has 4 rings (SSSR count). The number of carbonyl (C=O) groups is 1. The van der Waals surface area contributed by atoms with Crippen LogP contribution >= 0.6 is 0 Å². The highest BCUT2D eigenvalue weighted by Crippen LogP contribution is 2.24. The average Bonchev–Trinajstić information content (AvgIpc) is 3.46. The number of carbonyl (C=O) groups excluding carboxylic acids is 1. The van der Waals surface area contributed by atoms with Gasteiger partial charge in [-0.25, -0.2) is 13.4 Å². The van der Waals surface area contributed by atoms with E-state index >= 15 is 0 Å². The lowest BCUT2D eigenvalue weighted by Gasteiger charge is -2.16. The Morgan fingerprint density at radius 2 is 1.87 bits per heavy atom. The number of hydrogen-bond donors (Lipinski definition) is 1. The number of benzene rings is 2. The molecule has 0 atom stereocenters. The third-order valence-corrected chi connectivity index (χ3v) is 7.17. The van der Waals surface area contributed by atoms with Crippen LogP contribution in [0, 0.1) is 6.92 Å². The molecule has 31 heavy (non-hydrogen) atoms. The first-order chi connectivity index (χ1) is 14.9. The quantitative estimate of drug-likeness (QED) is 0.601. The van der Waals surface area contributed by atoms with Crippen molar-refractivity contribution in [2.24, 2.45) is 0 Å². The van der Waals surface area contributed by atoms with E-state index in [4.69, 9.17) is 4.42 Å². The molecule has 7 nitrogen and oxygen atoms in total. The zero-order valence-electron chi connectivity index (χ0n) is 17.4. The predicted molar refractivity (Wildman–Crippen MR) is 118 cm³/mol. The molecule has 1 saturated heterocycles. The molecule has 1 amide bonds. The van der Waals surface area contributed by atoms with Gasteiger partial charge in [-0.05, 0) is 38.0 Å². The van der Waals surface area contributed by atoms with E-state index in [1.807, 2.05) is 31.2 Å². The Kier molecular flexibility index (Phi) is 6.20. The van der Waals surface area contributed by atoms with Gasteiger partial charge in [0.25, 0.3) is 0 Å². The molecule has 0 spiro atoms. The molecule has 1 N–H and O–H groups in total. The van der Waals surface area contributed by atoms with Gasteiger partial charge in [0.2, 0.25) is 15.9 Å². The number of nitrogens with one attached hydrogen (secondary N) is 1. The number of aromatic nitrogens is 1. The van der Waals surface area contributed by atoms with Crippen LogP contribution in [0.2, 0.25) is 0 Å². The van der Waals surface area contributed by atoms with Crippen LogP contribution in [-0.4, -0.2) is 36.7 Å². The highest BCUT2D eigenvalue weighted by atomic mass is 32.2. The molecule has 1 aliphatic rings. The normalized spacial score (nSPS) is 14.6. The largest absolute Gasteiger partial charge is 0.441 e. The van der Waals surface area contributed by atoms with Gasteiger partial charge in [0.1, 0.15) is 0 Å². The van der Waals surface area contributed by atoms with Crippen LogP contribution in [0.5, 0.6) is 0 Å². The Balaban J connectivity index is 1.36. The van der Waals surface area contributed by atoms with Gasteiger partial charge >= 0.3 is 0 Å². The second-order valence-electron chi connectivity index (χ2n) is 7.67. The van der Waals surface area contributed by atoms with Crippen molar-refractivity contribution in [1.82, 2.24) is 9.29 Å². The molecule has 1 fully saturated rings. The van der Waals surface area contributed by atoms with Gasteiger partial charge in [-0.2, -0.15) is 4.31 Å². The number of rotatable bonds is 7. The molecular weight excluding hydrogens is 414 g/mol. The Morgan fingerprint density at radius 1 is 1.13 bits per heavy atom. The van der Waals surface area contributed by atoms with Crippen LogP contribution in [0.1, 0.15) is 30.7 Å². The molecule has 2 aromatic carbocycles. The van der Waals surface area contributed by atoms with Gasteiger partial charge < -0.3 is 9.73 Å². The number of amides is 1. The molecule has 3 aromatic rings. The molecule has 0 aliphatic carbocycles. The van der Waals surface area contributed by atoms with Crippen molar-refractivity contribution in [3.05, 3.63) is 66.2 Å². The summed E-state index contributed by atoms with van der Waals surface area (Å²) in [5.74, 6) is 0.914. The lowest BCUT2D eigenvalue weighted by molar-refractivity contribution is -0.116. The van der Waals surface area contributed by atoms with E-state index in [9.17, 15) is 13.2 Å². The van der Waals surface area contributed by atoms with E-state index in [2.05, 4.69) is 10.3 Å². The summed E-state index contributed by atoms with van der Waals surface area (Å²) in [6.45, 7) is 3.10. The molecule has 0 bridgehead atoms. The van der Waals surface area contributed by atoms with E-state index in [1.54, 1.807) is 24.4 Å². The van der Waals surface area contributed by atoms with E-state index < -0.39 is 10.0 Å². The van der Waals surface area contributed by atoms with Crippen molar-refractivity contribution in [3.8, 4) is 11.3 Å². The maximum Gasteiger partial charge on any atom is 0.243 e. The van der Waals surface area contributed by atoms with Gasteiger partial charge in [-0.3, -0.25) is 4.79 Å². The summed E-state index contributed by atoms with van der Waals surface area (Å²) in [5, 5.41) is 2.77.